The zero-order chi connectivity index (χ0) is 33.4. The summed E-state index contributed by atoms with van der Waals surface area (Å²) >= 11 is 0. The molecule has 13 heteroatoms. The van der Waals surface area contributed by atoms with Crippen LogP contribution in [0.15, 0.2) is 18.2 Å². The molecule has 2 aliphatic heterocycles. The Bertz CT molecular complexity index is 1460. The lowest BCUT2D eigenvalue weighted by Gasteiger charge is -2.35. The molecular formula is C33H43F3N4O6. The van der Waals surface area contributed by atoms with Crippen LogP contribution in [0.25, 0.3) is 11.0 Å². The molecule has 2 amide bonds. The normalized spacial score (nSPS) is 28.3. The van der Waals surface area contributed by atoms with Crippen molar-refractivity contribution in [3.8, 4) is 11.6 Å². The van der Waals surface area contributed by atoms with Crippen LogP contribution in [0.2, 0.25) is 0 Å². The number of nitrogens with zero attached hydrogens (tertiary/aromatic N) is 3. The van der Waals surface area contributed by atoms with Crippen molar-refractivity contribution in [2.45, 2.75) is 117 Å². The summed E-state index contributed by atoms with van der Waals surface area (Å²) < 4.78 is 55.2. The van der Waals surface area contributed by atoms with Gasteiger partial charge in [-0.15, -0.1) is 13.2 Å². The topological polar surface area (TPSA) is 120 Å². The highest BCUT2D eigenvalue weighted by Crippen LogP contribution is 2.36. The Hall–Kier alpha value is -3.64. The Morgan fingerprint density at radius 3 is 2.41 bits per heavy atom. The maximum absolute atomic E-state index is 14.2. The van der Waals surface area contributed by atoms with Gasteiger partial charge >= 0.3 is 12.5 Å². The number of amides is 2. The van der Waals surface area contributed by atoms with Crippen LogP contribution in [0.3, 0.4) is 0 Å². The molecule has 1 aromatic carbocycles. The van der Waals surface area contributed by atoms with Gasteiger partial charge in [0.1, 0.15) is 29.7 Å². The third kappa shape index (κ3) is 7.66. The molecule has 1 aromatic heterocycles. The maximum atomic E-state index is 14.2. The Labute approximate surface area is 266 Å². The van der Waals surface area contributed by atoms with Gasteiger partial charge in [0.2, 0.25) is 11.8 Å². The van der Waals surface area contributed by atoms with Crippen molar-refractivity contribution in [1.29, 1.82) is 0 Å². The van der Waals surface area contributed by atoms with E-state index in [1.807, 2.05) is 27.7 Å². The van der Waals surface area contributed by atoms with E-state index in [4.69, 9.17) is 14.5 Å². The number of ketones is 1. The zero-order valence-corrected chi connectivity index (χ0v) is 27.0. The van der Waals surface area contributed by atoms with E-state index in [1.54, 1.807) is 0 Å². The Kier molecular flexibility index (Phi) is 9.70. The summed E-state index contributed by atoms with van der Waals surface area (Å²) in [6, 6.07) is 1.98. The van der Waals surface area contributed by atoms with Gasteiger partial charge in [-0.25, -0.2) is 14.8 Å². The Balaban J connectivity index is 1.52. The lowest BCUT2D eigenvalue weighted by molar-refractivity contribution is -0.274. The number of ether oxygens (including phenoxy) is 3. The largest absolute Gasteiger partial charge is 0.573 e. The predicted molar refractivity (Wildman–Crippen MR) is 162 cm³/mol. The molecule has 10 nitrogen and oxygen atoms in total. The van der Waals surface area contributed by atoms with Gasteiger partial charge in [-0.05, 0) is 68.9 Å². The summed E-state index contributed by atoms with van der Waals surface area (Å²) in [6.07, 6.45) is 0.237. The second kappa shape index (κ2) is 13.2. The van der Waals surface area contributed by atoms with E-state index in [-0.39, 0.29) is 35.7 Å². The number of rotatable bonds is 2. The SMILES string of the molecule is CC(=O)[C@@H]1[C@H](C)[C@@H]2CN1C(=O)[C@H](C(C)(C)C)NC(=O)O[C@@H]1CCC[C@H]1CCCCCc1nc3ccc(OC(F)(F)F)cc3nc1O2. The van der Waals surface area contributed by atoms with E-state index in [1.165, 1.54) is 24.0 Å². The summed E-state index contributed by atoms with van der Waals surface area (Å²) in [7, 11) is 0. The van der Waals surface area contributed by atoms with Gasteiger partial charge in [-0.2, -0.15) is 0 Å². The highest BCUT2D eigenvalue weighted by atomic mass is 19.4. The lowest BCUT2D eigenvalue weighted by atomic mass is 9.85. The summed E-state index contributed by atoms with van der Waals surface area (Å²) in [4.78, 5) is 51.1. The van der Waals surface area contributed by atoms with Crippen LogP contribution >= 0.6 is 0 Å². The van der Waals surface area contributed by atoms with Crippen molar-refractivity contribution in [2.24, 2.45) is 17.3 Å². The average Bonchev–Trinajstić information content (AvgIpc) is 3.52. The van der Waals surface area contributed by atoms with Crippen LogP contribution in [0.1, 0.15) is 85.3 Å². The van der Waals surface area contributed by atoms with Gasteiger partial charge < -0.3 is 24.4 Å². The van der Waals surface area contributed by atoms with Crippen molar-refractivity contribution in [3.63, 3.8) is 0 Å². The molecule has 1 saturated carbocycles. The number of Topliss-reactive ketones (excluding diaryl/α,β-unsaturated/α-hetero) is 1. The number of carbonyl (C=O) groups excluding carboxylic acids is 3. The minimum absolute atomic E-state index is 0.0363. The number of benzene rings is 1. The molecule has 46 heavy (non-hydrogen) atoms. The highest BCUT2D eigenvalue weighted by Gasteiger charge is 2.49. The number of nitrogens with one attached hydrogen (secondary N) is 1. The summed E-state index contributed by atoms with van der Waals surface area (Å²) in [5.74, 6) is -1.17. The monoisotopic (exact) mass is 648 g/mol. The third-order valence-electron chi connectivity index (χ3n) is 9.38. The highest BCUT2D eigenvalue weighted by molar-refractivity contribution is 5.92. The molecule has 5 rings (SSSR count). The van der Waals surface area contributed by atoms with E-state index in [9.17, 15) is 27.6 Å². The molecule has 2 bridgehead atoms. The standard InChI is InChI=1S/C33H43F3N4O6/c1-18-26-17-40(27(18)19(2)41)30(42)28(32(3,4)5)39-31(43)45-25-13-9-11-20(25)10-7-6-8-12-23-29(44-26)38-24-16-21(46-33(34,35)36)14-15-22(24)37-23/h14-16,18,20,25-28H,6-13,17H2,1-5H3,(H,39,43)/t18-,20-,25-,26+,27+,28-/m1/s1. The summed E-state index contributed by atoms with van der Waals surface area (Å²) in [5.41, 5.74) is 0.401. The number of aryl methyl sites for hydroxylation is 1. The molecule has 2 aromatic rings. The molecule has 1 N–H and O–H groups in total. The van der Waals surface area contributed by atoms with Crippen LogP contribution < -0.4 is 14.8 Å². The zero-order valence-electron chi connectivity index (χ0n) is 27.0. The molecule has 0 unspecified atom stereocenters. The van der Waals surface area contributed by atoms with Crippen molar-refractivity contribution >= 4 is 28.8 Å². The van der Waals surface area contributed by atoms with Gasteiger partial charge in [-0.3, -0.25) is 9.59 Å². The molecule has 0 radical (unpaired) electrons. The number of hydrogen-bond donors (Lipinski definition) is 1. The Morgan fingerprint density at radius 2 is 1.72 bits per heavy atom. The third-order valence-corrected chi connectivity index (χ3v) is 9.38. The summed E-state index contributed by atoms with van der Waals surface area (Å²) in [5, 5.41) is 2.82. The number of halogens is 3. The minimum atomic E-state index is -4.87. The maximum Gasteiger partial charge on any atom is 0.573 e. The van der Waals surface area contributed by atoms with Gasteiger partial charge in [-0.1, -0.05) is 40.5 Å². The minimum Gasteiger partial charge on any atom is -0.471 e. The molecule has 1 aliphatic carbocycles. The first-order valence-corrected chi connectivity index (χ1v) is 16.1. The molecule has 0 spiro atoms. The number of alkyl carbamates (subject to hydrolysis) is 1. The first kappa shape index (κ1) is 33.7. The fraction of sp³-hybridized carbons (Fsp3) is 0.667. The molecule has 6 atom stereocenters. The predicted octanol–water partition coefficient (Wildman–Crippen LogP) is 6.14. The smallest absolute Gasteiger partial charge is 0.471 e. The molecule has 3 heterocycles. The average molecular weight is 649 g/mol. The van der Waals surface area contributed by atoms with Crippen LogP contribution in [0.4, 0.5) is 18.0 Å². The van der Waals surface area contributed by atoms with E-state index in [0.717, 1.165) is 51.0 Å². The van der Waals surface area contributed by atoms with Crippen LogP contribution in [-0.4, -0.2) is 69.9 Å². The second-order valence-electron chi connectivity index (χ2n) is 13.9. The van der Waals surface area contributed by atoms with Crippen molar-refractivity contribution in [3.05, 3.63) is 23.9 Å². The number of fused-ring (bicyclic) bond motifs is 5. The van der Waals surface area contributed by atoms with Gasteiger partial charge in [0.05, 0.1) is 23.6 Å². The van der Waals surface area contributed by atoms with E-state index < -0.39 is 53.6 Å². The van der Waals surface area contributed by atoms with E-state index in [2.05, 4.69) is 15.0 Å². The van der Waals surface area contributed by atoms with Gasteiger partial charge in [0.15, 0.2) is 5.78 Å². The molecule has 2 fully saturated rings. The van der Waals surface area contributed by atoms with Crippen LogP contribution in [0, 0.1) is 17.3 Å². The van der Waals surface area contributed by atoms with Crippen molar-refractivity contribution < 1.29 is 41.8 Å². The lowest BCUT2D eigenvalue weighted by Crippen LogP contribution is -2.57. The fourth-order valence-corrected chi connectivity index (χ4v) is 7.04. The molecule has 1 saturated heterocycles. The van der Waals surface area contributed by atoms with E-state index in [0.29, 0.717) is 17.6 Å². The Morgan fingerprint density at radius 1 is 0.978 bits per heavy atom. The van der Waals surface area contributed by atoms with Crippen LogP contribution in [-0.2, 0) is 20.7 Å². The molecule has 252 valence electrons. The fourth-order valence-electron chi connectivity index (χ4n) is 7.04. The number of aromatic nitrogens is 2. The quantitative estimate of drug-likeness (QED) is 0.413. The summed E-state index contributed by atoms with van der Waals surface area (Å²) in [6.45, 7) is 8.77. The number of carbonyl (C=O) groups is 3. The molecular weight excluding hydrogens is 605 g/mol. The van der Waals surface area contributed by atoms with Crippen LogP contribution in [0.5, 0.6) is 11.6 Å². The number of alkyl halides is 3. The second-order valence-corrected chi connectivity index (χ2v) is 13.9. The van der Waals surface area contributed by atoms with Gasteiger partial charge in [0.25, 0.3) is 0 Å². The number of hydrogen-bond acceptors (Lipinski definition) is 8. The first-order valence-electron chi connectivity index (χ1n) is 16.1. The molecule has 3 aliphatic rings. The first-order chi connectivity index (χ1) is 21.6. The van der Waals surface area contributed by atoms with Crippen molar-refractivity contribution in [1.82, 2.24) is 20.2 Å². The van der Waals surface area contributed by atoms with Crippen molar-refractivity contribution in [2.75, 3.05) is 6.54 Å². The van der Waals surface area contributed by atoms with E-state index >= 15 is 0 Å². The van der Waals surface area contributed by atoms with Gasteiger partial charge in [0, 0.05) is 12.0 Å².